The zero-order chi connectivity index (χ0) is 32.7. The molecule has 0 spiro atoms. The van der Waals surface area contributed by atoms with Crippen molar-refractivity contribution in [2.75, 3.05) is 32.8 Å². The van der Waals surface area contributed by atoms with Crippen molar-refractivity contribution in [1.29, 1.82) is 0 Å². The smallest absolute Gasteiger partial charge is 0.237 e. The molecule has 45 heavy (non-hydrogen) atoms. The summed E-state index contributed by atoms with van der Waals surface area (Å²) in [5.41, 5.74) is 30.6. The van der Waals surface area contributed by atoms with E-state index in [4.69, 9.17) is 33.4 Å². The molecule has 0 unspecified atom stereocenters. The van der Waals surface area contributed by atoms with Gasteiger partial charge in [-0.2, -0.15) is 25.3 Å². The Morgan fingerprint density at radius 1 is 0.711 bits per heavy atom. The van der Waals surface area contributed by atoms with Gasteiger partial charge in [-0.05, 0) is 81.0 Å². The zero-order valence-electron chi connectivity index (χ0n) is 26.0. The van der Waals surface area contributed by atoms with Crippen LogP contribution in [0.15, 0.2) is 23.2 Å². The van der Waals surface area contributed by atoms with Crippen molar-refractivity contribution in [3.8, 4) is 5.75 Å². The number of thiol groups is 2. The molecule has 258 valence electrons. The van der Waals surface area contributed by atoms with Gasteiger partial charge in [-0.25, -0.2) is 0 Å². The Bertz CT molecular complexity index is 1040. The number of carbonyl (C=O) groups excluding carboxylic acids is 3. The average molecular weight is 692 g/mol. The summed E-state index contributed by atoms with van der Waals surface area (Å²) in [7, 11) is 0. The fraction of sp³-hybridized carbons (Fsp3) is 0.655. The molecule has 0 aliphatic rings. The van der Waals surface area contributed by atoms with E-state index in [9.17, 15) is 14.4 Å². The minimum atomic E-state index is -0.635. The molecule has 16 heteroatoms. The molecule has 0 aromatic heterocycles. The molecule has 1 aromatic rings. The summed E-state index contributed by atoms with van der Waals surface area (Å²) in [5.74, 6) is 1.35. The van der Waals surface area contributed by atoms with Gasteiger partial charge in [0.25, 0.3) is 0 Å². The quantitative estimate of drug-likeness (QED) is 0.0313. The molecule has 0 saturated carbocycles. The lowest BCUT2D eigenvalue weighted by molar-refractivity contribution is -0.123. The van der Waals surface area contributed by atoms with Crippen molar-refractivity contribution in [3.05, 3.63) is 29.3 Å². The average Bonchev–Trinajstić information content (AvgIpc) is 3.01. The highest BCUT2D eigenvalue weighted by Gasteiger charge is 2.15. The van der Waals surface area contributed by atoms with E-state index in [0.717, 1.165) is 24.0 Å². The number of aliphatic imine (C=N–C) groups is 1. The number of nitrogens with two attached hydrogens (primary N) is 5. The molecular weight excluding hydrogens is 638 g/mol. The lowest BCUT2D eigenvalue weighted by Gasteiger charge is -2.15. The lowest BCUT2D eigenvalue weighted by atomic mass is 10.1. The van der Waals surface area contributed by atoms with Crippen LogP contribution in [0, 0.1) is 0 Å². The normalized spacial score (nSPS) is 12.6. The van der Waals surface area contributed by atoms with Gasteiger partial charge < -0.3 is 49.4 Å². The number of guanidine groups is 1. The summed E-state index contributed by atoms with van der Waals surface area (Å²) in [6.07, 6.45) is 5.81. The molecule has 0 saturated heterocycles. The highest BCUT2D eigenvalue weighted by Crippen LogP contribution is 2.20. The summed E-state index contributed by atoms with van der Waals surface area (Å²) in [6, 6.07) is 3.93. The van der Waals surface area contributed by atoms with E-state index in [1.807, 2.05) is 18.2 Å². The second-order valence-electron chi connectivity index (χ2n) is 10.6. The third-order valence-electron chi connectivity index (χ3n) is 6.90. The maximum absolute atomic E-state index is 12.3. The van der Waals surface area contributed by atoms with Crippen molar-refractivity contribution >= 4 is 61.3 Å². The van der Waals surface area contributed by atoms with Crippen molar-refractivity contribution < 1.29 is 19.1 Å². The highest BCUT2D eigenvalue weighted by molar-refractivity contribution is 7.79. The molecule has 0 heterocycles. The van der Waals surface area contributed by atoms with Crippen LogP contribution < -0.4 is 49.4 Å². The van der Waals surface area contributed by atoms with Crippen LogP contribution in [0.2, 0.25) is 0 Å². The summed E-state index contributed by atoms with van der Waals surface area (Å²) < 4.78 is 5.72. The largest absolute Gasteiger partial charge is 0.492 e. The standard InChI is InChI=1S/C29H53N9O4S2.ClH/c30-23(7-1-4-12-36-27(40)24(31)9-3-6-14-38-29(33)34)26(39)35-13-5-2-8-25(32)28(41)37-15-16-42-22-11-10-20(18-43)21(17-22)19-44;/h10-11,17,23-25,43-44H,1-9,12-16,18-19,30-32H2,(H,35,39)(H,36,40)(H,37,41)(H4,33,34,38);1H/t23-,24-,25-;/m0./s1. The summed E-state index contributed by atoms with van der Waals surface area (Å²) in [5, 5.41) is 8.43. The maximum atomic E-state index is 12.3. The minimum absolute atomic E-state index is 0. The minimum Gasteiger partial charge on any atom is -0.492 e. The number of benzene rings is 1. The van der Waals surface area contributed by atoms with E-state index < -0.39 is 18.1 Å². The van der Waals surface area contributed by atoms with Crippen molar-refractivity contribution in [2.45, 2.75) is 87.4 Å². The Morgan fingerprint density at radius 3 is 1.64 bits per heavy atom. The van der Waals surface area contributed by atoms with Crippen molar-refractivity contribution in [2.24, 2.45) is 33.7 Å². The van der Waals surface area contributed by atoms with E-state index >= 15 is 0 Å². The Hall–Kier alpha value is -2.43. The van der Waals surface area contributed by atoms with Gasteiger partial charge in [0.15, 0.2) is 5.96 Å². The molecule has 3 atom stereocenters. The predicted molar refractivity (Wildman–Crippen MR) is 190 cm³/mol. The summed E-state index contributed by atoms with van der Waals surface area (Å²) >= 11 is 8.65. The van der Waals surface area contributed by atoms with E-state index in [2.05, 4.69) is 46.2 Å². The van der Waals surface area contributed by atoms with Crippen molar-refractivity contribution in [1.82, 2.24) is 16.0 Å². The van der Waals surface area contributed by atoms with Crippen LogP contribution in [-0.4, -0.2) is 74.6 Å². The number of carbonyl (C=O) groups is 3. The number of rotatable bonds is 24. The summed E-state index contributed by atoms with van der Waals surface area (Å²) in [4.78, 5) is 40.5. The van der Waals surface area contributed by atoms with Gasteiger partial charge in [0.05, 0.1) is 24.7 Å². The third-order valence-corrected chi connectivity index (χ3v) is 7.58. The Balaban J connectivity index is 0.0000194. The second kappa shape index (κ2) is 25.7. The number of hydrogen-bond donors (Lipinski definition) is 10. The van der Waals surface area contributed by atoms with Crippen LogP contribution in [0.5, 0.6) is 5.75 Å². The van der Waals surface area contributed by atoms with E-state index in [-0.39, 0.29) is 36.1 Å². The number of hydrogen-bond acceptors (Lipinski definition) is 10. The fourth-order valence-corrected chi connectivity index (χ4v) is 4.81. The molecule has 13 N–H and O–H groups in total. The molecule has 0 fully saturated rings. The van der Waals surface area contributed by atoms with Crippen LogP contribution in [-0.2, 0) is 25.9 Å². The zero-order valence-corrected chi connectivity index (χ0v) is 28.7. The molecule has 1 aromatic carbocycles. The van der Waals surface area contributed by atoms with Gasteiger partial charge in [-0.15, -0.1) is 12.4 Å². The Labute approximate surface area is 284 Å². The summed E-state index contributed by atoms with van der Waals surface area (Å²) in [6.45, 7) is 2.10. The molecule has 0 aliphatic heterocycles. The first-order valence-corrected chi connectivity index (χ1v) is 16.5. The first-order valence-electron chi connectivity index (χ1n) is 15.2. The molecule has 0 radical (unpaired) electrons. The Morgan fingerprint density at radius 2 is 1.18 bits per heavy atom. The lowest BCUT2D eigenvalue weighted by Crippen LogP contribution is -2.42. The monoisotopic (exact) mass is 691 g/mol. The van der Waals surface area contributed by atoms with Gasteiger partial charge in [-0.3, -0.25) is 19.4 Å². The SMILES string of the molecule is Cl.NC(N)=NCCCC[C@H](N)C(=O)NCCCC[C@H](N)C(=O)NCCCC[C@H](N)C(=O)NCCOc1ccc(CS)c(CS)c1. The molecule has 1 rings (SSSR count). The number of unbranched alkanes of at least 4 members (excludes halogenated alkanes) is 3. The number of ether oxygens (including phenoxy) is 1. The van der Waals surface area contributed by atoms with E-state index in [1.54, 1.807) is 0 Å². The molecular formula is C29H54ClN9O4S2. The van der Waals surface area contributed by atoms with Crippen molar-refractivity contribution in [3.63, 3.8) is 0 Å². The predicted octanol–water partition coefficient (Wildman–Crippen LogP) is 0.462. The number of nitrogens with one attached hydrogen (secondary N) is 3. The fourth-order valence-electron chi connectivity index (χ4n) is 4.21. The first kappa shape index (κ1) is 42.6. The molecule has 0 aliphatic carbocycles. The van der Waals surface area contributed by atoms with Gasteiger partial charge in [0.1, 0.15) is 12.4 Å². The molecule has 3 amide bonds. The number of amides is 3. The number of halogens is 1. The third kappa shape index (κ3) is 19.6. The van der Waals surface area contributed by atoms with Gasteiger partial charge in [-0.1, -0.05) is 6.07 Å². The van der Waals surface area contributed by atoms with Crippen LogP contribution >= 0.6 is 37.7 Å². The van der Waals surface area contributed by atoms with Gasteiger partial charge >= 0.3 is 0 Å². The topological polar surface area (TPSA) is 239 Å². The second-order valence-corrected chi connectivity index (χ2v) is 11.2. The van der Waals surface area contributed by atoms with Gasteiger partial charge in [0, 0.05) is 31.1 Å². The highest BCUT2D eigenvalue weighted by atomic mass is 35.5. The molecule has 0 bridgehead atoms. The maximum Gasteiger partial charge on any atom is 0.237 e. The van der Waals surface area contributed by atoms with Crippen LogP contribution in [0.25, 0.3) is 0 Å². The Kier molecular flexibility index (Phi) is 24.3. The molecule has 13 nitrogen and oxygen atoms in total. The van der Waals surface area contributed by atoms with Crippen LogP contribution in [0.4, 0.5) is 0 Å². The number of nitrogens with zero attached hydrogens (tertiary/aromatic N) is 1. The van der Waals surface area contributed by atoms with E-state index in [0.29, 0.717) is 95.0 Å². The van der Waals surface area contributed by atoms with Crippen LogP contribution in [0.3, 0.4) is 0 Å². The van der Waals surface area contributed by atoms with Gasteiger partial charge in [0.2, 0.25) is 17.7 Å². The first-order chi connectivity index (χ1) is 21.1. The van der Waals surface area contributed by atoms with E-state index in [1.165, 1.54) is 0 Å². The van der Waals surface area contributed by atoms with Crippen LogP contribution in [0.1, 0.15) is 68.9 Å².